The Morgan fingerprint density at radius 1 is 1.04 bits per heavy atom. The number of aryl methyl sites for hydroxylation is 1. The monoisotopic (exact) mass is 319 g/mol. The standard InChI is InChI=1S/C17H19F2N3O/c1-11-4-5-14(9-16(11)21-17(23)10-22(2)3)20-15-7-12(18)6-13(19)8-15/h4-9,20H,10H2,1-3H3,(H,21,23). The molecule has 0 aliphatic carbocycles. The van der Waals surface area contributed by atoms with Gasteiger partial charge < -0.3 is 15.5 Å². The first-order valence-electron chi connectivity index (χ1n) is 7.12. The summed E-state index contributed by atoms with van der Waals surface area (Å²) in [6.45, 7) is 2.14. The average Bonchev–Trinajstić information content (AvgIpc) is 2.40. The molecule has 0 atom stereocenters. The molecule has 0 saturated heterocycles. The molecule has 0 unspecified atom stereocenters. The van der Waals surface area contributed by atoms with E-state index in [0.29, 0.717) is 17.1 Å². The molecule has 4 nitrogen and oxygen atoms in total. The third-order valence-electron chi connectivity index (χ3n) is 3.12. The summed E-state index contributed by atoms with van der Waals surface area (Å²) in [7, 11) is 3.62. The highest BCUT2D eigenvalue weighted by molar-refractivity contribution is 5.93. The third kappa shape index (κ3) is 5.03. The van der Waals surface area contributed by atoms with Gasteiger partial charge in [0.2, 0.25) is 5.91 Å². The van der Waals surface area contributed by atoms with E-state index in [1.807, 2.05) is 27.1 Å². The van der Waals surface area contributed by atoms with Crippen LogP contribution in [-0.4, -0.2) is 31.4 Å². The molecule has 6 heteroatoms. The highest BCUT2D eigenvalue weighted by atomic mass is 19.1. The van der Waals surface area contributed by atoms with Gasteiger partial charge in [-0.3, -0.25) is 4.79 Å². The zero-order chi connectivity index (χ0) is 17.0. The normalized spacial score (nSPS) is 10.7. The van der Waals surface area contributed by atoms with Crippen LogP contribution in [0.1, 0.15) is 5.56 Å². The van der Waals surface area contributed by atoms with Gasteiger partial charge in [-0.15, -0.1) is 0 Å². The number of anilines is 3. The Kier molecular flexibility index (Phi) is 5.28. The highest BCUT2D eigenvalue weighted by Crippen LogP contribution is 2.24. The van der Waals surface area contributed by atoms with Gasteiger partial charge in [-0.2, -0.15) is 0 Å². The summed E-state index contributed by atoms with van der Waals surface area (Å²) in [4.78, 5) is 13.6. The van der Waals surface area contributed by atoms with E-state index in [1.54, 1.807) is 17.0 Å². The Hall–Kier alpha value is -2.47. The Morgan fingerprint density at radius 2 is 1.70 bits per heavy atom. The summed E-state index contributed by atoms with van der Waals surface area (Å²) < 4.78 is 26.5. The van der Waals surface area contributed by atoms with Gasteiger partial charge in [0.15, 0.2) is 0 Å². The third-order valence-corrected chi connectivity index (χ3v) is 3.12. The van der Waals surface area contributed by atoms with E-state index < -0.39 is 11.6 Å². The summed E-state index contributed by atoms with van der Waals surface area (Å²) >= 11 is 0. The van der Waals surface area contributed by atoms with Gasteiger partial charge in [0.05, 0.1) is 6.54 Å². The molecule has 2 rings (SSSR count). The minimum absolute atomic E-state index is 0.132. The van der Waals surface area contributed by atoms with E-state index in [1.165, 1.54) is 12.1 Å². The molecule has 2 N–H and O–H groups in total. The molecule has 0 bridgehead atoms. The molecule has 0 aliphatic rings. The lowest BCUT2D eigenvalue weighted by Gasteiger charge is -2.14. The molecule has 0 saturated carbocycles. The Bertz CT molecular complexity index is 697. The van der Waals surface area contributed by atoms with Crippen molar-refractivity contribution in [2.75, 3.05) is 31.3 Å². The number of benzene rings is 2. The SMILES string of the molecule is Cc1ccc(Nc2cc(F)cc(F)c2)cc1NC(=O)CN(C)C. The lowest BCUT2D eigenvalue weighted by molar-refractivity contribution is -0.116. The van der Waals surface area contributed by atoms with Crippen LogP contribution < -0.4 is 10.6 Å². The predicted molar refractivity (Wildman–Crippen MR) is 88.0 cm³/mol. The molecule has 0 radical (unpaired) electrons. The highest BCUT2D eigenvalue weighted by Gasteiger charge is 2.08. The molecule has 0 heterocycles. The van der Waals surface area contributed by atoms with E-state index in [2.05, 4.69) is 10.6 Å². The number of amides is 1. The second-order valence-corrected chi connectivity index (χ2v) is 5.60. The first kappa shape index (κ1) is 16.9. The number of likely N-dealkylation sites (N-methyl/N-ethyl adjacent to an activating group) is 1. The first-order valence-corrected chi connectivity index (χ1v) is 7.12. The Balaban J connectivity index is 2.17. The summed E-state index contributed by atoms with van der Waals surface area (Å²) in [5, 5.41) is 5.75. The van der Waals surface area contributed by atoms with Crippen LogP contribution in [0, 0.1) is 18.6 Å². The van der Waals surface area contributed by atoms with Crippen LogP contribution in [0.3, 0.4) is 0 Å². The number of rotatable bonds is 5. The maximum absolute atomic E-state index is 13.2. The van der Waals surface area contributed by atoms with E-state index >= 15 is 0 Å². The maximum atomic E-state index is 13.2. The summed E-state index contributed by atoms with van der Waals surface area (Å²) in [5.74, 6) is -1.44. The fourth-order valence-electron chi connectivity index (χ4n) is 2.10. The number of halogens is 2. The van der Waals surface area contributed by atoms with Crippen molar-refractivity contribution in [1.82, 2.24) is 4.90 Å². The topological polar surface area (TPSA) is 44.4 Å². The van der Waals surface area contributed by atoms with Gasteiger partial charge in [0.25, 0.3) is 0 Å². The van der Waals surface area contributed by atoms with Crippen molar-refractivity contribution in [2.24, 2.45) is 0 Å². The van der Waals surface area contributed by atoms with Crippen LogP contribution in [0.25, 0.3) is 0 Å². The van der Waals surface area contributed by atoms with E-state index in [9.17, 15) is 13.6 Å². The van der Waals surface area contributed by atoms with Crippen molar-refractivity contribution in [3.05, 3.63) is 53.6 Å². The zero-order valence-corrected chi connectivity index (χ0v) is 13.3. The van der Waals surface area contributed by atoms with E-state index in [-0.39, 0.29) is 12.5 Å². The smallest absolute Gasteiger partial charge is 0.238 e. The van der Waals surface area contributed by atoms with Gasteiger partial charge in [-0.1, -0.05) is 6.07 Å². The van der Waals surface area contributed by atoms with Crippen LogP contribution in [0.2, 0.25) is 0 Å². The number of hydrogen-bond donors (Lipinski definition) is 2. The fraction of sp³-hybridized carbons (Fsp3) is 0.235. The lowest BCUT2D eigenvalue weighted by atomic mass is 10.1. The van der Waals surface area contributed by atoms with Crippen molar-refractivity contribution in [3.8, 4) is 0 Å². The van der Waals surface area contributed by atoms with Crippen molar-refractivity contribution >= 4 is 23.0 Å². The van der Waals surface area contributed by atoms with Gasteiger partial charge >= 0.3 is 0 Å². The van der Waals surface area contributed by atoms with Crippen molar-refractivity contribution < 1.29 is 13.6 Å². The fourth-order valence-corrected chi connectivity index (χ4v) is 2.10. The Morgan fingerprint density at radius 3 is 2.30 bits per heavy atom. The van der Waals surface area contributed by atoms with Crippen molar-refractivity contribution in [2.45, 2.75) is 6.92 Å². The number of carbonyl (C=O) groups is 1. The summed E-state index contributed by atoms with van der Waals surface area (Å²) in [6.07, 6.45) is 0. The molecule has 0 aromatic heterocycles. The molecule has 0 spiro atoms. The van der Waals surface area contributed by atoms with Crippen LogP contribution >= 0.6 is 0 Å². The molecule has 0 fully saturated rings. The lowest BCUT2D eigenvalue weighted by Crippen LogP contribution is -2.27. The minimum Gasteiger partial charge on any atom is -0.355 e. The number of nitrogens with one attached hydrogen (secondary N) is 2. The van der Waals surface area contributed by atoms with Crippen molar-refractivity contribution in [3.63, 3.8) is 0 Å². The molecule has 122 valence electrons. The maximum Gasteiger partial charge on any atom is 0.238 e. The van der Waals surface area contributed by atoms with Gasteiger partial charge in [0.1, 0.15) is 11.6 Å². The Labute approximate surface area is 134 Å². The molecule has 2 aromatic rings. The number of hydrogen-bond acceptors (Lipinski definition) is 3. The van der Waals surface area contributed by atoms with Crippen LogP contribution in [0.15, 0.2) is 36.4 Å². The molecular formula is C17H19F2N3O. The summed E-state index contributed by atoms with van der Waals surface area (Å²) in [6, 6.07) is 8.54. The van der Waals surface area contributed by atoms with Gasteiger partial charge in [-0.05, 0) is 50.8 Å². The molecule has 1 amide bonds. The minimum atomic E-state index is -0.654. The predicted octanol–water partition coefficient (Wildman–Crippen LogP) is 3.52. The quantitative estimate of drug-likeness (QED) is 0.886. The molecule has 23 heavy (non-hydrogen) atoms. The largest absolute Gasteiger partial charge is 0.355 e. The van der Waals surface area contributed by atoms with E-state index in [4.69, 9.17) is 0 Å². The first-order chi connectivity index (χ1) is 10.8. The van der Waals surface area contributed by atoms with Gasteiger partial charge in [0, 0.05) is 23.1 Å². The number of carbonyl (C=O) groups excluding carboxylic acids is 1. The van der Waals surface area contributed by atoms with Gasteiger partial charge in [-0.25, -0.2) is 8.78 Å². The van der Waals surface area contributed by atoms with E-state index in [0.717, 1.165) is 11.6 Å². The molecule has 0 aliphatic heterocycles. The van der Waals surface area contributed by atoms with Crippen LogP contribution in [0.5, 0.6) is 0 Å². The number of nitrogens with zero attached hydrogens (tertiary/aromatic N) is 1. The molecule has 2 aromatic carbocycles. The molecular weight excluding hydrogens is 300 g/mol. The van der Waals surface area contributed by atoms with Crippen LogP contribution in [-0.2, 0) is 4.79 Å². The van der Waals surface area contributed by atoms with Crippen LogP contribution in [0.4, 0.5) is 25.8 Å². The average molecular weight is 319 g/mol. The zero-order valence-electron chi connectivity index (χ0n) is 13.3. The second kappa shape index (κ2) is 7.19. The van der Waals surface area contributed by atoms with Crippen molar-refractivity contribution in [1.29, 1.82) is 0 Å². The second-order valence-electron chi connectivity index (χ2n) is 5.60. The summed E-state index contributed by atoms with van der Waals surface area (Å²) in [5.41, 5.74) is 2.48.